The van der Waals surface area contributed by atoms with Crippen LogP contribution in [0.1, 0.15) is 32.3 Å². The first-order chi connectivity index (χ1) is 8.07. The normalized spacial score (nSPS) is 14.4. The molecule has 0 radical (unpaired) electrons. The Hall–Kier alpha value is -1.06. The van der Waals surface area contributed by atoms with Crippen molar-refractivity contribution >= 4 is 0 Å². The maximum atomic E-state index is 9.71. The molecule has 0 heterocycles. The van der Waals surface area contributed by atoms with E-state index in [1.54, 1.807) is 6.92 Å². The fourth-order valence-corrected chi connectivity index (χ4v) is 1.57. The SMILES string of the molecule is CCc1ccc(OCCCC(C)(O)CN)cc1. The highest BCUT2D eigenvalue weighted by atomic mass is 16.5. The molecule has 17 heavy (non-hydrogen) atoms. The third-order valence-electron chi connectivity index (χ3n) is 2.90. The molecule has 0 aliphatic heterocycles. The number of nitrogens with two attached hydrogens (primary N) is 1. The van der Waals surface area contributed by atoms with Gasteiger partial charge < -0.3 is 15.6 Å². The van der Waals surface area contributed by atoms with E-state index in [1.165, 1.54) is 5.56 Å². The zero-order chi connectivity index (χ0) is 12.7. The topological polar surface area (TPSA) is 55.5 Å². The third-order valence-corrected chi connectivity index (χ3v) is 2.90. The first-order valence-corrected chi connectivity index (χ1v) is 6.21. The number of aryl methyl sites for hydroxylation is 1. The zero-order valence-corrected chi connectivity index (χ0v) is 10.8. The summed E-state index contributed by atoms with van der Waals surface area (Å²) in [6.45, 7) is 4.79. The maximum Gasteiger partial charge on any atom is 0.119 e. The molecule has 1 aromatic carbocycles. The van der Waals surface area contributed by atoms with Crippen LogP contribution in [0.4, 0.5) is 0 Å². The number of aliphatic hydroxyl groups is 1. The molecule has 1 atom stereocenters. The maximum absolute atomic E-state index is 9.71. The van der Waals surface area contributed by atoms with E-state index in [0.29, 0.717) is 13.0 Å². The van der Waals surface area contributed by atoms with Crippen LogP contribution in [0.5, 0.6) is 5.75 Å². The van der Waals surface area contributed by atoms with E-state index in [2.05, 4.69) is 19.1 Å². The van der Waals surface area contributed by atoms with Gasteiger partial charge in [-0.25, -0.2) is 0 Å². The van der Waals surface area contributed by atoms with Crippen molar-refractivity contribution in [3.63, 3.8) is 0 Å². The molecule has 96 valence electrons. The molecule has 0 saturated heterocycles. The Morgan fingerprint density at radius 1 is 1.29 bits per heavy atom. The van der Waals surface area contributed by atoms with Crippen LogP contribution in [0.2, 0.25) is 0 Å². The lowest BCUT2D eigenvalue weighted by atomic mass is 10.0. The Balaban J connectivity index is 2.26. The molecule has 0 bridgehead atoms. The van der Waals surface area contributed by atoms with Gasteiger partial charge in [0, 0.05) is 6.54 Å². The number of benzene rings is 1. The Kier molecular flexibility index (Phi) is 5.45. The van der Waals surface area contributed by atoms with E-state index in [4.69, 9.17) is 10.5 Å². The molecule has 3 N–H and O–H groups in total. The largest absolute Gasteiger partial charge is 0.494 e. The van der Waals surface area contributed by atoms with Gasteiger partial charge in [0.2, 0.25) is 0 Å². The highest BCUT2D eigenvalue weighted by Gasteiger charge is 2.16. The Morgan fingerprint density at radius 3 is 2.47 bits per heavy atom. The average Bonchev–Trinajstić information content (AvgIpc) is 2.35. The van der Waals surface area contributed by atoms with Gasteiger partial charge in [-0.05, 0) is 43.9 Å². The van der Waals surface area contributed by atoms with Gasteiger partial charge in [0.25, 0.3) is 0 Å². The third kappa shape index (κ3) is 5.20. The summed E-state index contributed by atoms with van der Waals surface area (Å²) < 4.78 is 5.59. The molecule has 3 heteroatoms. The molecule has 0 amide bonds. The van der Waals surface area contributed by atoms with Crippen molar-refractivity contribution in [3.8, 4) is 5.75 Å². The first-order valence-electron chi connectivity index (χ1n) is 6.21. The van der Waals surface area contributed by atoms with Crippen LogP contribution in [0.3, 0.4) is 0 Å². The van der Waals surface area contributed by atoms with Crippen LogP contribution in [-0.2, 0) is 6.42 Å². The Morgan fingerprint density at radius 2 is 1.94 bits per heavy atom. The van der Waals surface area contributed by atoms with E-state index in [1.807, 2.05) is 12.1 Å². The van der Waals surface area contributed by atoms with Gasteiger partial charge >= 0.3 is 0 Å². The van der Waals surface area contributed by atoms with Crippen molar-refractivity contribution in [2.45, 2.75) is 38.7 Å². The smallest absolute Gasteiger partial charge is 0.119 e. The van der Waals surface area contributed by atoms with Gasteiger partial charge in [-0.1, -0.05) is 19.1 Å². The van der Waals surface area contributed by atoms with Crippen LogP contribution in [0.15, 0.2) is 24.3 Å². The highest BCUT2D eigenvalue weighted by Crippen LogP contribution is 2.14. The van der Waals surface area contributed by atoms with Crippen molar-refractivity contribution in [1.29, 1.82) is 0 Å². The summed E-state index contributed by atoms with van der Waals surface area (Å²) in [6, 6.07) is 8.12. The molecule has 0 aliphatic rings. The van der Waals surface area contributed by atoms with Crippen molar-refractivity contribution < 1.29 is 9.84 Å². The van der Waals surface area contributed by atoms with Crippen LogP contribution in [-0.4, -0.2) is 23.9 Å². The minimum absolute atomic E-state index is 0.290. The molecule has 1 unspecified atom stereocenters. The molecule has 0 aliphatic carbocycles. The number of ether oxygens (including phenoxy) is 1. The van der Waals surface area contributed by atoms with Gasteiger partial charge in [-0.3, -0.25) is 0 Å². The standard InChI is InChI=1S/C14H23NO2/c1-3-12-5-7-13(8-6-12)17-10-4-9-14(2,16)11-15/h5-8,16H,3-4,9-11,15H2,1-2H3. The molecule has 3 nitrogen and oxygen atoms in total. The number of hydrogen-bond acceptors (Lipinski definition) is 3. The molecular weight excluding hydrogens is 214 g/mol. The van der Waals surface area contributed by atoms with E-state index < -0.39 is 5.60 Å². The predicted molar refractivity (Wildman–Crippen MR) is 70.2 cm³/mol. The summed E-state index contributed by atoms with van der Waals surface area (Å²) >= 11 is 0. The minimum Gasteiger partial charge on any atom is -0.494 e. The summed E-state index contributed by atoms with van der Waals surface area (Å²) in [4.78, 5) is 0. The van der Waals surface area contributed by atoms with Crippen LogP contribution in [0, 0.1) is 0 Å². The fourth-order valence-electron chi connectivity index (χ4n) is 1.57. The summed E-state index contributed by atoms with van der Waals surface area (Å²) in [6.07, 6.45) is 2.51. The molecule has 0 saturated carbocycles. The van der Waals surface area contributed by atoms with Gasteiger partial charge in [0.15, 0.2) is 0 Å². The van der Waals surface area contributed by atoms with Crippen molar-refractivity contribution in [2.24, 2.45) is 5.73 Å². The van der Waals surface area contributed by atoms with Gasteiger partial charge in [0.05, 0.1) is 12.2 Å². The van der Waals surface area contributed by atoms with Crippen LogP contribution >= 0.6 is 0 Å². The van der Waals surface area contributed by atoms with E-state index in [0.717, 1.165) is 18.6 Å². The molecule has 0 fully saturated rings. The van der Waals surface area contributed by atoms with Crippen LogP contribution in [0.25, 0.3) is 0 Å². The summed E-state index contributed by atoms with van der Waals surface area (Å²) in [7, 11) is 0. The molecule has 0 aromatic heterocycles. The van der Waals surface area contributed by atoms with E-state index in [9.17, 15) is 5.11 Å². The summed E-state index contributed by atoms with van der Waals surface area (Å²) in [5.41, 5.74) is 5.98. The van der Waals surface area contributed by atoms with Gasteiger partial charge in [-0.2, -0.15) is 0 Å². The van der Waals surface area contributed by atoms with E-state index in [-0.39, 0.29) is 6.54 Å². The fraction of sp³-hybridized carbons (Fsp3) is 0.571. The molecule has 1 rings (SSSR count). The lowest BCUT2D eigenvalue weighted by Crippen LogP contribution is -2.34. The molecule has 1 aromatic rings. The van der Waals surface area contributed by atoms with Crippen molar-refractivity contribution in [3.05, 3.63) is 29.8 Å². The summed E-state index contributed by atoms with van der Waals surface area (Å²) in [5, 5.41) is 9.71. The predicted octanol–water partition coefficient (Wildman–Crippen LogP) is 2.12. The monoisotopic (exact) mass is 237 g/mol. The highest BCUT2D eigenvalue weighted by molar-refractivity contribution is 5.27. The average molecular weight is 237 g/mol. The molecular formula is C14H23NO2. The Bertz CT molecular complexity index is 319. The second kappa shape index (κ2) is 6.62. The summed E-state index contributed by atoms with van der Waals surface area (Å²) in [5.74, 6) is 0.884. The Labute approximate surface area is 104 Å². The molecule has 0 spiro atoms. The van der Waals surface area contributed by atoms with Crippen molar-refractivity contribution in [2.75, 3.05) is 13.2 Å². The van der Waals surface area contributed by atoms with E-state index >= 15 is 0 Å². The number of rotatable bonds is 7. The van der Waals surface area contributed by atoms with Crippen molar-refractivity contribution in [1.82, 2.24) is 0 Å². The van der Waals surface area contributed by atoms with Gasteiger partial charge in [-0.15, -0.1) is 0 Å². The minimum atomic E-state index is -0.768. The van der Waals surface area contributed by atoms with Crippen LogP contribution < -0.4 is 10.5 Å². The quantitative estimate of drug-likeness (QED) is 0.714. The lowest BCUT2D eigenvalue weighted by Gasteiger charge is -2.20. The zero-order valence-electron chi connectivity index (χ0n) is 10.8. The lowest BCUT2D eigenvalue weighted by molar-refractivity contribution is 0.0536. The van der Waals surface area contributed by atoms with Gasteiger partial charge in [0.1, 0.15) is 5.75 Å². The second-order valence-electron chi connectivity index (χ2n) is 4.65. The number of hydrogen-bond donors (Lipinski definition) is 2. The second-order valence-corrected chi connectivity index (χ2v) is 4.65. The first kappa shape index (κ1) is 14.0.